The molecule has 0 aliphatic heterocycles. The molecule has 0 saturated heterocycles. The van der Waals surface area contributed by atoms with Crippen LogP contribution in [0.4, 0.5) is 0 Å². The van der Waals surface area contributed by atoms with Crippen molar-refractivity contribution in [2.24, 2.45) is 0 Å². The number of fused-ring (bicyclic) bond motifs is 1. The highest BCUT2D eigenvalue weighted by Crippen LogP contribution is 2.32. The first-order valence-corrected chi connectivity index (χ1v) is 9.85. The van der Waals surface area contributed by atoms with E-state index in [0.717, 1.165) is 19.3 Å². The minimum atomic E-state index is -1.02. The highest BCUT2D eigenvalue weighted by molar-refractivity contribution is 6.08. The maximum Gasteiger partial charge on any atom is 0.331 e. The molecule has 1 saturated carbocycles. The smallest absolute Gasteiger partial charge is 0.331 e. The number of esters is 1. The molecule has 0 aromatic carbocycles. The number of carbonyl (C=O) groups excluding carboxylic acids is 2. The Labute approximate surface area is 167 Å². The van der Waals surface area contributed by atoms with E-state index in [1.54, 1.807) is 32.0 Å². The van der Waals surface area contributed by atoms with Crippen LogP contribution in [0.1, 0.15) is 55.1 Å². The summed E-state index contributed by atoms with van der Waals surface area (Å²) in [5, 5.41) is 7.44. The number of pyridine rings is 1. The Bertz CT molecular complexity index is 1030. The molecule has 3 aromatic rings. The average molecular weight is 397 g/mol. The van der Waals surface area contributed by atoms with Crippen LogP contribution in [0.3, 0.4) is 0 Å². The number of ether oxygens (including phenoxy) is 1. The van der Waals surface area contributed by atoms with Crippen LogP contribution in [0.2, 0.25) is 0 Å². The summed E-state index contributed by atoms with van der Waals surface area (Å²) < 4.78 is 16.0. The normalized spacial score (nSPS) is 15.9. The van der Waals surface area contributed by atoms with Gasteiger partial charge in [0.2, 0.25) is 0 Å². The number of furan rings is 1. The highest BCUT2D eigenvalue weighted by Gasteiger charge is 2.42. The summed E-state index contributed by atoms with van der Waals surface area (Å²) in [5.74, 6) is -0.258. The van der Waals surface area contributed by atoms with E-state index in [1.807, 2.05) is 0 Å². The van der Waals surface area contributed by atoms with Crippen molar-refractivity contribution in [3.05, 3.63) is 35.7 Å². The van der Waals surface area contributed by atoms with Gasteiger partial charge in [0, 0.05) is 0 Å². The van der Waals surface area contributed by atoms with Gasteiger partial charge >= 0.3 is 5.97 Å². The molecule has 1 aliphatic carbocycles. The van der Waals surface area contributed by atoms with Crippen molar-refractivity contribution in [2.45, 2.75) is 51.5 Å². The van der Waals surface area contributed by atoms with Crippen LogP contribution in [0.15, 0.2) is 33.4 Å². The number of aryl methyl sites for hydroxylation is 1. The van der Waals surface area contributed by atoms with E-state index in [2.05, 4.69) is 15.5 Å². The first-order valence-electron chi connectivity index (χ1n) is 9.85. The maximum absolute atomic E-state index is 13.4. The summed E-state index contributed by atoms with van der Waals surface area (Å²) in [6, 6.07) is 5.13. The fourth-order valence-electron chi connectivity index (χ4n) is 3.91. The van der Waals surface area contributed by atoms with Crippen molar-refractivity contribution in [1.82, 2.24) is 15.5 Å². The molecule has 1 fully saturated rings. The fraction of sp³-hybridized carbons (Fsp3) is 0.429. The number of aromatic nitrogens is 2. The molecule has 29 heavy (non-hydrogen) atoms. The predicted molar refractivity (Wildman–Crippen MR) is 104 cm³/mol. The molecule has 0 bridgehead atoms. The largest absolute Gasteiger partial charge is 0.464 e. The maximum atomic E-state index is 13.4. The van der Waals surface area contributed by atoms with Gasteiger partial charge in [-0.2, -0.15) is 0 Å². The van der Waals surface area contributed by atoms with Crippen molar-refractivity contribution in [1.29, 1.82) is 0 Å². The van der Waals surface area contributed by atoms with Crippen molar-refractivity contribution < 1.29 is 23.3 Å². The molecule has 4 rings (SSSR count). The molecule has 0 spiro atoms. The van der Waals surface area contributed by atoms with Crippen molar-refractivity contribution in [3.63, 3.8) is 0 Å². The lowest BCUT2D eigenvalue weighted by Crippen LogP contribution is -2.56. The van der Waals surface area contributed by atoms with Gasteiger partial charge in [0.25, 0.3) is 11.6 Å². The van der Waals surface area contributed by atoms with Crippen LogP contribution in [-0.4, -0.2) is 34.2 Å². The minimum absolute atomic E-state index is 0.246. The number of rotatable bonds is 5. The molecular formula is C21H23N3O5. The minimum Gasteiger partial charge on any atom is -0.464 e. The van der Waals surface area contributed by atoms with Crippen molar-refractivity contribution in [2.75, 3.05) is 6.61 Å². The number of nitrogens with zero attached hydrogens (tertiary/aromatic N) is 2. The average Bonchev–Trinajstić information content (AvgIpc) is 3.38. The Balaban J connectivity index is 1.75. The molecule has 0 unspecified atom stereocenters. The first-order chi connectivity index (χ1) is 14.0. The summed E-state index contributed by atoms with van der Waals surface area (Å²) in [7, 11) is 0. The van der Waals surface area contributed by atoms with E-state index in [9.17, 15) is 9.59 Å². The summed E-state index contributed by atoms with van der Waals surface area (Å²) in [5.41, 5.74) is 0.580. The molecule has 3 aromatic heterocycles. The zero-order chi connectivity index (χ0) is 20.4. The third kappa shape index (κ3) is 3.50. The van der Waals surface area contributed by atoms with Gasteiger partial charge in [-0.05, 0) is 44.9 Å². The molecule has 0 radical (unpaired) electrons. The molecule has 3 heterocycles. The van der Waals surface area contributed by atoms with Crippen LogP contribution in [0.25, 0.3) is 22.6 Å². The lowest BCUT2D eigenvalue weighted by atomic mass is 9.81. The standard InChI is InChI=1S/C21H23N3O5/c1-3-27-20(26)21(9-5-4-6-10-21)23-18(25)14-12-15(16-8-7-11-28-16)22-19-17(14)13(2)24-29-19/h7-8,11-12H,3-6,9-10H2,1-2H3,(H,23,25). The van der Waals surface area contributed by atoms with Crippen LogP contribution in [-0.2, 0) is 9.53 Å². The topological polar surface area (TPSA) is 107 Å². The lowest BCUT2D eigenvalue weighted by Gasteiger charge is -2.35. The second-order valence-corrected chi connectivity index (χ2v) is 7.30. The molecule has 1 N–H and O–H groups in total. The van der Waals surface area contributed by atoms with Crippen molar-refractivity contribution >= 4 is 23.0 Å². The van der Waals surface area contributed by atoms with Crippen LogP contribution in [0, 0.1) is 6.92 Å². The molecular weight excluding hydrogens is 374 g/mol. The molecule has 0 atom stereocenters. The molecule has 1 amide bonds. The van der Waals surface area contributed by atoms with E-state index < -0.39 is 5.54 Å². The fourth-order valence-corrected chi connectivity index (χ4v) is 3.91. The molecule has 8 heteroatoms. The third-order valence-corrected chi connectivity index (χ3v) is 5.36. The van der Waals surface area contributed by atoms with Gasteiger partial charge in [-0.1, -0.05) is 24.4 Å². The Kier molecular flexibility index (Phi) is 5.08. The Hall–Kier alpha value is -3.16. The Morgan fingerprint density at radius 1 is 1.28 bits per heavy atom. The van der Waals surface area contributed by atoms with Crippen molar-refractivity contribution in [3.8, 4) is 11.5 Å². The van der Waals surface area contributed by atoms with Gasteiger partial charge < -0.3 is 19.0 Å². The lowest BCUT2D eigenvalue weighted by molar-refractivity contribution is -0.152. The molecule has 1 aliphatic rings. The summed E-state index contributed by atoms with van der Waals surface area (Å²) >= 11 is 0. The van der Waals surface area contributed by atoms with Gasteiger partial charge in [0.05, 0.1) is 29.5 Å². The van der Waals surface area contributed by atoms with E-state index in [4.69, 9.17) is 13.7 Å². The summed E-state index contributed by atoms with van der Waals surface area (Å²) in [6.45, 7) is 3.78. The number of hydrogen-bond donors (Lipinski definition) is 1. The van der Waals surface area contributed by atoms with Gasteiger partial charge in [-0.3, -0.25) is 4.79 Å². The zero-order valence-corrected chi connectivity index (χ0v) is 16.5. The Morgan fingerprint density at radius 2 is 2.07 bits per heavy atom. The van der Waals surface area contributed by atoms with E-state index in [-0.39, 0.29) is 24.2 Å². The molecule has 8 nitrogen and oxygen atoms in total. The van der Waals surface area contributed by atoms with Gasteiger partial charge in [0.15, 0.2) is 5.76 Å². The van der Waals surface area contributed by atoms with E-state index in [1.165, 1.54) is 6.26 Å². The SMILES string of the molecule is CCOC(=O)C1(NC(=O)c2cc(-c3ccco3)nc3onc(C)c23)CCCCC1. The zero-order valence-electron chi connectivity index (χ0n) is 16.5. The van der Waals surface area contributed by atoms with E-state index in [0.29, 0.717) is 40.9 Å². The quantitative estimate of drug-likeness (QED) is 0.653. The van der Waals surface area contributed by atoms with E-state index >= 15 is 0 Å². The summed E-state index contributed by atoms with van der Waals surface area (Å²) in [4.78, 5) is 30.5. The highest BCUT2D eigenvalue weighted by atomic mass is 16.5. The van der Waals surface area contributed by atoms with Crippen LogP contribution < -0.4 is 5.32 Å². The van der Waals surface area contributed by atoms with Crippen LogP contribution in [0.5, 0.6) is 0 Å². The third-order valence-electron chi connectivity index (χ3n) is 5.36. The van der Waals surface area contributed by atoms with Crippen LogP contribution >= 0.6 is 0 Å². The second kappa shape index (κ2) is 7.69. The molecule has 152 valence electrons. The Morgan fingerprint density at radius 3 is 2.76 bits per heavy atom. The number of amides is 1. The summed E-state index contributed by atoms with van der Waals surface area (Å²) in [6.07, 6.45) is 5.39. The number of carbonyl (C=O) groups is 2. The number of nitrogens with one attached hydrogen (secondary N) is 1. The second-order valence-electron chi connectivity index (χ2n) is 7.30. The van der Waals surface area contributed by atoms with Gasteiger partial charge in [0.1, 0.15) is 11.2 Å². The van der Waals surface area contributed by atoms with Gasteiger partial charge in [-0.15, -0.1) is 0 Å². The predicted octanol–water partition coefficient (Wildman–Crippen LogP) is 3.79. The van der Waals surface area contributed by atoms with Gasteiger partial charge in [-0.25, -0.2) is 9.78 Å². The monoisotopic (exact) mass is 397 g/mol. The number of hydrogen-bond acceptors (Lipinski definition) is 7. The first kappa shape index (κ1) is 19.2.